The average molecular weight is 367 g/mol. The van der Waals surface area contributed by atoms with Crippen molar-refractivity contribution in [2.24, 2.45) is 0 Å². The fourth-order valence-corrected chi connectivity index (χ4v) is 4.15. The van der Waals surface area contributed by atoms with Gasteiger partial charge in [0.15, 0.2) is 0 Å². The number of benzene rings is 1. The van der Waals surface area contributed by atoms with Crippen LogP contribution >= 0.6 is 0 Å². The van der Waals surface area contributed by atoms with Gasteiger partial charge >= 0.3 is 0 Å². The third-order valence-electron chi connectivity index (χ3n) is 5.69. The Kier molecular flexibility index (Phi) is 5.87. The summed E-state index contributed by atoms with van der Waals surface area (Å²) in [7, 11) is 0. The van der Waals surface area contributed by atoms with Gasteiger partial charge in [-0.1, -0.05) is 37.3 Å². The molecule has 0 bridgehead atoms. The van der Waals surface area contributed by atoms with Crippen LogP contribution in [-0.4, -0.2) is 41.8 Å². The number of nitrogens with one attached hydrogen (secondary N) is 1. The molecule has 3 heterocycles. The number of hydrogen-bond acceptors (Lipinski definition) is 5. The Morgan fingerprint density at radius 2 is 2.00 bits per heavy atom. The van der Waals surface area contributed by atoms with Crippen LogP contribution < -0.4 is 10.2 Å². The lowest BCUT2D eigenvalue weighted by atomic mass is 10.00. The Morgan fingerprint density at radius 1 is 1.11 bits per heavy atom. The number of nitrogens with zero attached hydrogens (tertiary/aromatic N) is 3. The number of piperidine rings is 1. The van der Waals surface area contributed by atoms with E-state index in [-0.39, 0.29) is 6.10 Å². The Morgan fingerprint density at radius 3 is 2.78 bits per heavy atom. The molecule has 5 heteroatoms. The zero-order valence-corrected chi connectivity index (χ0v) is 16.2. The second-order valence-electron chi connectivity index (χ2n) is 7.57. The van der Waals surface area contributed by atoms with Crippen molar-refractivity contribution in [3.63, 3.8) is 0 Å². The van der Waals surface area contributed by atoms with E-state index in [0.717, 1.165) is 56.0 Å². The zero-order chi connectivity index (χ0) is 18.5. The first-order valence-electron chi connectivity index (χ1n) is 10.4. The van der Waals surface area contributed by atoms with E-state index in [1.54, 1.807) is 0 Å². The van der Waals surface area contributed by atoms with Crippen molar-refractivity contribution < 1.29 is 4.74 Å². The number of aromatic nitrogens is 2. The summed E-state index contributed by atoms with van der Waals surface area (Å²) in [4.78, 5) is 12.2. The predicted molar refractivity (Wildman–Crippen MR) is 110 cm³/mol. The van der Waals surface area contributed by atoms with Gasteiger partial charge in [0.2, 0.25) is 5.95 Å². The van der Waals surface area contributed by atoms with Gasteiger partial charge in [0.05, 0.1) is 11.8 Å². The number of rotatable bonds is 6. The highest BCUT2D eigenvalue weighted by Gasteiger charge is 2.23. The van der Waals surface area contributed by atoms with E-state index in [9.17, 15) is 0 Å². The van der Waals surface area contributed by atoms with E-state index in [0.29, 0.717) is 12.0 Å². The Balaban J connectivity index is 1.63. The van der Waals surface area contributed by atoms with E-state index in [1.807, 2.05) is 6.07 Å². The number of hydrogen-bond donors (Lipinski definition) is 1. The summed E-state index contributed by atoms with van der Waals surface area (Å²) in [5, 5.41) is 3.44. The molecule has 1 aromatic heterocycles. The Bertz CT molecular complexity index is 730. The van der Waals surface area contributed by atoms with Gasteiger partial charge in [-0.25, -0.2) is 4.98 Å². The molecular weight excluding hydrogens is 336 g/mol. The maximum Gasteiger partial charge on any atom is 0.225 e. The summed E-state index contributed by atoms with van der Waals surface area (Å²) in [6.07, 6.45) is 7.49. The van der Waals surface area contributed by atoms with E-state index in [2.05, 4.69) is 47.5 Å². The molecule has 2 atom stereocenters. The fraction of sp³-hybridized carbons (Fsp3) is 0.545. The molecule has 0 aliphatic carbocycles. The lowest BCUT2D eigenvalue weighted by Gasteiger charge is -2.36. The van der Waals surface area contributed by atoms with Crippen LogP contribution in [0.15, 0.2) is 36.4 Å². The summed E-state index contributed by atoms with van der Waals surface area (Å²) in [6.45, 7) is 5.00. The molecule has 1 aromatic carbocycles. The first kappa shape index (κ1) is 18.2. The molecule has 0 spiro atoms. The third kappa shape index (κ3) is 4.41. The molecule has 27 heavy (non-hydrogen) atoms. The quantitative estimate of drug-likeness (QED) is 0.815. The second kappa shape index (κ2) is 8.70. The minimum atomic E-state index is 0.274. The fourth-order valence-electron chi connectivity index (χ4n) is 4.15. The van der Waals surface area contributed by atoms with Gasteiger partial charge < -0.3 is 15.0 Å². The zero-order valence-electron chi connectivity index (χ0n) is 16.2. The van der Waals surface area contributed by atoms with E-state index < -0.39 is 0 Å². The highest BCUT2D eigenvalue weighted by molar-refractivity contribution is 5.65. The van der Waals surface area contributed by atoms with Crippen molar-refractivity contribution in [3.8, 4) is 11.3 Å². The molecule has 4 rings (SSSR count). The Labute approximate surface area is 162 Å². The average Bonchev–Trinajstić information content (AvgIpc) is 3.26. The van der Waals surface area contributed by atoms with Crippen molar-refractivity contribution in [2.75, 3.05) is 29.9 Å². The van der Waals surface area contributed by atoms with Crippen molar-refractivity contribution in [3.05, 3.63) is 36.4 Å². The predicted octanol–water partition coefficient (Wildman–Crippen LogP) is 4.50. The molecule has 0 amide bonds. The van der Waals surface area contributed by atoms with Gasteiger partial charge in [-0.2, -0.15) is 4.98 Å². The molecule has 2 fully saturated rings. The number of ether oxygens (including phenoxy) is 1. The van der Waals surface area contributed by atoms with Crippen LogP contribution in [0.4, 0.5) is 11.8 Å². The molecule has 2 unspecified atom stereocenters. The lowest BCUT2D eigenvalue weighted by molar-refractivity contribution is 0.120. The van der Waals surface area contributed by atoms with Crippen LogP contribution in [0.3, 0.4) is 0 Å². The van der Waals surface area contributed by atoms with E-state index >= 15 is 0 Å². The van der Waals surface area contributed by atoms with Gasteiger partial charge in [-0.3, -0.25) is 0 Å². The largest absolute Gasteiger partial charge is 0.376 e. The first-order chi connectivity index (χ1) is 13.3. The smallest absolute Gasteiger partial charge is 0.225 e. The van der Waals surface area contributed by atoms with Crippen molar-refractivity contribution in [2.45, 2.75) is 57.6 Å². The molecule has 0 radical (unpaired) electrons. The lowest BCUT2D eigenvalue weighted by Crippen LogP contribution is -2.39. The SMILES string of the molecule is CCC1CCCCN1c1cc(-c2ccccc2)nc(NCC2CCCO2)n1. The molecule has 144 valence electrons. The molecule has 2 aliphatic rings. The van der Waals surface area contributed by atoms with Crippen LogP contribution in [0.1, 0.15) is 45.4 Å². The first-order valence-corrected chi connectivity index (χ1v) is 10.4. The summed E-state index contributed by atoms with van der Waals surface area (Å²) >= 11 is 0. The van der Waals surface area contributed by atoms with Crippen LogP contribution in [0.25, 0.3) is 11.3 Å². The van der Waals surface area contributed by atoms with Gasteiger partial charge in [-0.15, -0.1) is 0 Å². The van der Waals surface area contributed by atoms with Crippen LogP contribution in [0.2, 0.25) is 0 Å². The number of anilines is 2. The summed E-state index contributed by atoms with van der Waals surface area (Å²) in [6, 6.07) is 13.1. The molecule has 2 aliphatic heterocycles. The molecular formula is C22H30N4O. The maximum atomic E-state index is 5.74. The molecule has 2 aromatic rings. The normalized spacial score (nSPS) is 22.8. The van der Waals surface area contributed by atoms with Crippen molar-refractivity contribution >= 4 is 11.8 Å². The summed E-state index contributed by atoms with van der Waals surface area (Å²) in [5.74, 6) is 1.76. The maximum absolute atomic E-state index is 5.74. The minimum Gasteiger partial charge on any atom is -0.376 e. The van der Waals surface area contributed by atoms with Crippen LogP contribution in [-0.2, 0) is 4.74 Å². The van der Waals surface area contributed by atoms with Gasteiger partial charge in [0, 0.05) is 37.4 Å². The highest BCUT2D eigenvalue weighted by atomic mass is 16.5. The van der Waals surface area contributed by atoms with E-state index in [4.69, 9.17) is 14.7 Å². The topological polar surface area (TPSA) is 50.3 Å². The molecule has 0 saturated carbocycles. The van der Waals surface area contributed by atoms with E-state index in [1.165, 1.54) is 19.3 Å². The van der Waals surface area contributed by atoms with Gasteiger partial charge in [0.1, 0.15) is 5.82 Å². The van der Waals surface area contributed by atoms with Gasteiger partial charge in [-0.05, 0) is 38.5 Å². The third-order valence-corrected chi connectivity index (χ3v) is 5.69. The summed E-state index contributed by atoms with van der Waals surface area (Å²) in [5.41, 5.74) is 2.11. The standard InChI is InChI=1S/C22H30N4O/c1-2-18-11-6-7-13-26(18)21-15-20(17-9-4-3-5-10-17)24-22(25-21)23-16-19-12-8-14-27-19/h3-5,9-10,15,18-19H,2,6-8,11-14,16H2,1H3,(H,23,24,25). The van der Waals surface area contributed by atoms with Crippen molar-refractivity contribution in [1.29, 1.82) is 0 Å². The monoisotopic (exact) mass is 366 g/mol. The highest BCUT2D eigenvalue weighted by Crippen LogP contribution is 2.29. The van der Waals surface area contributed by atoms with Crippen molar-refractivity contribution in [1.82, 2.24) is 9.97 Å². The minimum absolute atomic E-state index is 0.274. The molecule has 1 N–H and O–H groups in total. The molecule has 5 nitrogen and oxygen atoms in total. The summed E-state index contributed by atoms with van der Waals surface area (Å²) < 4.78 is 5.74. The van der Waals surface area contributed by atoms with Crippen LogP contribution in [0.5, 0.6) is 0 Å². The second-order valence-corrected chi connectivity index (χ2v) is 7.57. The van der Waals surface area contributed by atoms with Gasteiger partial charge in [0.25, 0.3) is 0 Å². The van der Waals surface area contributed by atoms with Crippen LogP contribution in [0, 0.1) is 0 Å². The Hall–Kier alpha value is -2.14. The molecule has 2 saturated heterocycles.